The molecule has 0 aromatic carbocycles. The van der Waals surface area contributed by atoms with Crippen LogP contribution < -0.4 is 5.32 Å². The van der Waals surface area contributed by atoms with E-state index in [2.05, 4.69) is 38.4 Å². The second kappa shape index (κ2) is 18.2. The fraction of sp³-hybridized carbons (Fsp3) is 0.684. The summed E-state index contributed by atoms with van der Waals surface area (Å²) >= 11 is 0. The molecule has 20 heavy (non-hydrogen) atoms. The Morgan fingerprint density at radius 2 is 1.50 bits per heavy atom. The molecule has 0 saturated carbocycles. The number of hydrogen-bond donors (Lipinski definition) is 1. The minimum absolute atomic E-state index is 0.599. The fourth-order valence-electron chi connectivity index (χ4n) is 2.26. The Bertz CT molecular complexity index is 240. The van der Waals surface area contributed by atoms with E-state index in [4.69, 9.17) is 0 Å². The van der Waals surface area contributed by atoms with Crippen molar-refractivity contribution in [3.05, 3.63) is 37.0 Å². The van der Waals surface area contributed by atoms with Crippen molar-refractivity contribution < 1.29 is 0 Å². The highest BCUT2D eigenvalue weighted by Gasteiger charge is 2.26. The highest BCUT2D eigenvalue weighted by molar-refractivity contribution is 5.25. The molecule has 3 unspecified atom stereocenters. The summed E-state index contributed by atoms with van der Waals surface area (Å²) in [6.07, 6.45) is 7.13. The van der Waals surface area contributed by atoms with Crippen LogP contribution >= 0.6 is 0 Å². The lowest BCUT2D eigenvalue weighted by molar-refractivity contribution is 0.267. The first kappa shape index (κ1) is 24.2. The molecule has 1 saturated heterocycles. The zero-order valence-corrected chi connectivity index (χ0v) is 15.3. The SMILES string of the molecule is C=C/C=C(\C=C)C1CNC(C)CC1C.CC.CC.CC. The van der Waals surface area contributed by atoms with Gasteiger partial charge < -0.3 is 5.32 Å². The van der Waals surface area contributed by atoms with E-state index in [1.165, 1.54) is 12.0 Å². The smallest absolute Gasteiger partial charge is 0.00417 e. The van der Waals surface area contributed by atoms with Crippen molar-refractivity contribution in [2.75, 3.05) is 6.54 Å². The van der Waals surface area contributed by atoms with Crippen molar-refractivity contribution in [3.8, 4) is 0 Å². The predicted molar refractivity (Wildman–Crippen MR) is 97.3 cm³/mol. The average Bonchev–Trinajstić information content (AvgIpc) is 2.51. The Kier molecular flexibility index (Phi) is 22.0. The van der Waals surface area contributed by atoms with Gasteiger partial charge in [0, 0.05) is 12.6 Å². The minimum atomic E-state index is 0.599. The monoisotopic (exact) mass is 281 g/mol. The van der Waals surface area contributed by atoms with Gasteiger partial charge in [0.15, 0.2) is 0 Å². The first-order valence-corrected chi connectivity index (χ1v) is 8.37. The van der Waals surface area contributed by atoms with Gasteiger partial charge in [-0.2, -0.15) is 0 Å². The number of allylic oxidation sites excluding steroid dienone is 3. The number of rotatable bonds is 3. The third kappa shape index (κ3) is 10.0. The molecule has 0 radical (unpaired) electrons. The van der Waals surface area contributed by atoms with Gasteiger partial charge in [-0.3, -0.25) is 0 Å². The summed E-state index contributed by atoms with van der Waals surface area (Å²) in [4.78, 5) is 0. The number of nitrogens with one attached hydrogen (secondary N) is 1. The molecule has 0 aromatic rings. The summed E-state index contributed by atoms with van der Waals surface area (Å²) in [6.45, 7) is 25.2. The third-order valence-corrected chi connectivity index (χ3v) is 3.07. The molecule has 1 heterocycles. The van der Waals surface area contributed by atoms with Gasteiger partial charge in [0.05, 0.1) is 0 Å². The summed E-state index contributed by atoms with van der Waals surface area (Å²) in [5.41, 5.74) is 1.31. The molecule has 1 heteroatoms. The van der Waals surface area contributed by atoms with Gasteiger partial charge in [-0.1, -0.05) is 79.9 Å². The van der Waals surface area contributed by atoms with Crippen LogP contribution in [0.2, 0.25) is 0 Å². The Balaban J connectivity index is -0.000000425. The molecule has 0 aromatic heterocycles. The maximum Gasteiger partial charge on any atom is 0.00417 e. The van der Waals surface area contributed by atoms with E-state index in [9.17, 15) is 0 Å². The van der Waals surface area contributed by atoms with Gasteiger partial charge in [0.1, 0.15) is 0 Å². The topological polar surface area (TPSA) is 12.0 Å². The molecule has 120 valence electrons. The second-order valence-corrected chi connectivity index (χ2v) is 4.24. The molecule has 1 fully saturated rings. The summed E-state index contributed by atoms with van der Waals surface area (Å²) in [5, 5.41) is 3.51. The lowest BCUT2D eigenvalue weighted by Crippen LogP contribution is -2.41. The van der Waals surface area contributed by atoms with Crippen LogP contribution in [0.5, 0.6) is 0 Å². The predicted octanol–water partition coefficient (Wildman–Crippen LogP) is 6.00. The van der Waals surface area contributed by atoms with Crippen molar-refractivity contribution in [2.45, 2.75) is 67.9 Å². The van der Waals surface area contributed by atoms with Crippen molar-refractivity contribution in [3.63, 3.8) is 0 Å². The zero-order valence-electron chi connectivity index (χ0n) is 15.3. The molecule has 0 spiro atoms. The van der Waals surface area contributed by atoms with E-state index in [1.807, 2.05) is 53.7 Å². The van der Waals surface area contributed by atoms with Gasteiger partial charge in [-0.25, -0.2) is 0 Å². The minimum Gasteiger partial charge on any atom is -0.314 e. The van der Waals surface area contributed by atoms with E-state index in [0.29, 0.717) is 12.0 Å². The molecular weight excluding hydrogens is 242 g/mol. The lowest BCUT2D eigenvalue weighted by atomic mass is 9.80. The van der Waals surface area contributed by atoms with E-state index in [0.717, 1.165) is 12.5 Å². The Morgan fingerprint density at radius 3 is 1.85 bits per heavy atom. The van der Waals surface area contributed by atoms with Gasteiger partial charge >= 0.3 is 0 Å². The van der Waals surface area contributed by atoms with Crippen molar-refractivity contribution in [2.24, 2.45) is 11.8 Å². The summed E-state index contributed by atoms with van der Waals surface area (Å²) in [6, 6.07) is 0.649. The van der Waals surface area contributed by atoms with E-state index in [-0.39, 0.29) is 0 Å². The summed E-state index contributed by atoms with van der Waals surface area (Å²) in [5.74, 6) is 1.33. The molecule has 1 aliphatic heterocycles. The molecule has 1 aliphatic rings. The van der Waals surface area contributed by atoms with Crippen LogP contribution in [0, 0.1) is 11.8 Å². The van der Waals surface area contributed by atoms with Crippen molar-refractivity contribution >= 4 is 0 Å². The van der Waals surface area contributed by atoms with Crippen molar-refractivity contribution in [1.29, 1.82) is 0 Å². The lowest BCUT2D eigenvalue weighted by Gasteiger charge is -2.34. The zero-order chi connectivity index (χ0) is 16.6. The van der Waals surface area contributed by atoms with Gasteiger partial charge in [0.25, 0.3) is 0 Å². The number of hydrogen-bond acceptors (Lipinski definition) is 1. The normalized spacial score (nSPS) is 24.6. The highest BCUT2D eigenvalue weighted by atomic mass is 14.9. The van der Waals surface area contributed by atoms with Crippen LogP contribution in [-0.4, -0.2) is 12.6 Å². The molecule has 1 nitrogen and oxygen atoms in total. The molecule has 1 rings (SSSR count). The first-order valence-electron chi connectivity index (χ1n) is 8.37. The van der Waals surface area contributed by atoms with Gasteiger partial charge in [-0.05, 0) is 30.8 Å². The van der Waals surface area contributed by atoms with Crippen LogP contribution in [0.1, 0.15) is 61.8 Å². The van der Waals surface area contributed by atoms with Gasteiger partial charge in [-0.15, -0.1) is 0 Å². The standard InChI is InChI=1S/C13H21N.3C2H6/c1-5-7-12(6-2)13-9-14-11(4)8-10(13)3;3*1-2/h5-7,10-11,13-14H,1-2,8-9H2,3-4H3;3*1-2H3/b12-7+;;;. The molecule has 1 N–H and O–H groups in total. The Labute approximate surface area is 129 Å². The van der Waals surface area contributed by atoms with E-state index < -0.39 is 0 Å². The third-order valence-electron chi connectivity index (χ3n) is 3.07. The largest absolute Gasteiger partial charge is 0.314 e. The van der Waals surface area contributed by atoms with Crippen LogP contribution in [-0.2, 0) is 0 Å². The van der Waals surface area contributed by atoms with Crippen LogP contribution in [0.25, 0.3) is 0 Å². The van der Waals surface area contributed by atoms with Crippen LogP contribution in [0.4, 0.5) is 0 Å². The molecule has 0 bridgehead atoms. The maximum atomic E-state index is 3.86. The van der Waals surface area contributed by atoms with Crippen LogP contribution in [0.15, 0.2) is 37.0 Å². The van der Waals surface area contributed by atoms with Gasteiger partial charge in [0.2, 0.25) is 0 Å². The Hall–Kier alpha value is -0.820. The maximum absolute atomic E-state index is 3.86. The second-order valence-electron chi connectivity index (χ2n) is 4.24. The molecule has 0 amide bonds. The highest BCUT2D eigenvalue weighted by Crippen LogP contribution is 2.28. The number of piperidine rings is 1. The quantitative estimate of drug-likeness (QED) is 0.626. The Morgan fingerprint density at radius 1 is 1.00 bits per heavy atom. The first-order chi connectivity index (χ1) is 9.69. The summed E-state index contributed by atoms with van der Waals surface area (Å²) < 4.78 is 0. The molecule has 0 aliphatic carbocycles. The summed E-state index contributed by atoms with van der Waals surface area (Å²) in [7, 11) is 0. The van der Waals surface area contributed by atoms with E-state index in [1.54, 1.807) is 0 Å². The molecular formula is C19H39N. The molecule has 3 atom stereocenters. The van der Waals surface area contributed by atoms with Crippen molar-refractivity contribution in [1.82, 2.24) is 5.32 Å². The van der Waals surface area contributed by atoms with Crippen LogP contribution in [0.3, 0.4) is 0 Å². The fourth-order valence-corrected chi connectivity index (χ4v) is 2.26. The van der Waals surface area contributed by atoms with E-state index >= 15 is 0 Å². The average molecular weight is 282 g/mol.